The maximum Gasteiger partial charge on any atom is 0.251 e. The first kappa shape index (κ1) is 9.34. The van der Waals surface area contributed by atoms with E-state index >= 15 is 0 Å². The summed E-state index contributed by atoms with van der Waals surface area (Å²) in [6.07, 6.45) is 8.96. The number of carbonyl (C=O) groups is 1. The van der Waals surface area contributed by atoms with Gasteiger partial charge in [-0.3, -0.25) is 4.79 Å². The Morgan fingerprint density at radius 2 is 1.92 bits per heavy atom. The minimum absolute atomic E-state index is 0.0619. The molecule has 0 atom stereocenters. The van der Waals surface area contributed by atoms with Gasteiger partial charge >= 0.3 is 0 Å². The van der Waals surface area contributed by atoms with Gasteiger partial charge in [0.15, 0.2) is 0 Å². The van der Waals surface area contributed by atoms with Crippen molar-refractivity contribution in [3.05, 3.63) is 35.4 Å². The van der Waals surface area contributed by atoms with E-state index in [4.69, 9.17) is 0 Å². The predicted molar refractivity (Wildman–Crippen MR) is 52.4 cm³/mol. The lowest BCUT2D eigenvalue weighted by atomic mass is 10.0. The second-order valence-corrected chi connectivity index (χ2v) is 2.66. The molecule has 66 valence electrons. The molecule has 1 amide bonds. The summed E-state index contributed by atoms with van der Waals surface area (Å²) < 4.78 is 0. The normalized spacial score (nSPS) is 13.2. The van der Waals surface area contributed by atoms with Crippen molar-refractivity contribution in [2.75, 3.05) is 6.54 Å². The number of hydrogen-bond acceptors (Lipinski definition) is 1. The largest absolute Gasteiger partial charge is 0.352 e. The Balaban J connectivity index is 0.000000396. The number of benzene rings is 1. The van der Waals surface area contributed by atoms with Crippen LogP contribution >= 0.6 is 0 Å². The van der Waals surface area contributed by atoms with Gasteiger partial charge in [-0.25, -0.2) is 0 Å². The first-order valence-electron chi connectivity index (χ1n) is 4.07. The molecular formula is C11H11NO. The van der Waals surface area contributed by atoms with E-state index < -0.39 is 0 Å². The number of nitrogens with one attached hydrogen (secondary N) is 1. The predicted octanol–water partition coefficient (Wildman–Crippen LogP) is 1.22. The number of terminal acetylenes is 1. The van der Waals surface area contributed by atoms with Crippen LogP contribution in [0.15, 0.2) is 24.3 Å². The summed E-state index contributed by atoms with van der Waals surface area (Å²) in [5, 5.41) is 2.80. The SMILES string of the molecule is C#C.O=C1NCCc2ccccc21. The third-order valence-corrected chi connectivity index (χ3v) is 1.94. The fourth-order valence-corrected chi connectivity index (χ4v) is 1.37. The van der Waals surface area contributed by atoms with Crippen molar-refractivity contribution >= 4 is 5.91 Å². The number of carbonyl (C=O) groups excluding carboxylic acids is 1. The van der Waals surface area contributed by atoms with Crippen LogP contribution in [0.2, 0.25) is 0 Å². The number of amides is 1. The summed E-state index contributed by atoms with van der Waals surface area (Å²) in [6, 6.07) is 7.74. The summed E-state index contributed by atoms with van der Waals surface area (Å²) in [5.41, 5.74) is 2.00. The van der Waals surface area contributed by atoms with Crippen LogP contribution < -0.4 is 5.32 Å². The molecule has 1 aliphatic rings. The highest BCUT2D eigenvalue weighted by Gasteiger charge is 2.14. The summed E-state index contributed by atoms with van der Waals surface area (Å²) in [4.78, 5) is 11.2. The highest BCUT2D eigenvalue weighted by molar-refractivity contribution is 5.96. The molecule has 1 N–H and O–H groups in total. The van der Waals surface area contributed by atoms with Crippen molar-refractivity contribution in [3.63, 3.8) is 0 Å². The van der Waals surface area contributed by atoms with Gasteiger partial charge in [-0.15, -0.1) is 12.8 Å². The van der Waals surface area contributed by atoms with Crippen LogP contribution in [0.5, 0.6) is 0 Å². The molecule has 1 aliphatic heterocycles. The summed E-state index contributed by atoms with van der Waals surface area (Å²) in [7, 11) is 0. The molecule has 2 rings (SSSR count). The molecule has 0 saturated heterocycles. The van der Waals surface area contributed by atoms with Gasteiger partial charge < -0.3 is 5.32 Å². The van der Waals surface area contributed by atoms with Crippen molar-refractivity contribution < 1.29 is 4.79 Å². The standard InChI is InChI=1S/C9H9NO.C2H2/c11-9-8-4-2-1-3-7(8)5-6-10-9;1-2/h1-4H,5-6H2,(H,10,11);1-2H. The van der Waals surface area contributed by atoms with Crippen LogP contribution in [0.1, 0.15) is 15.9 Å². The first-order chi connectivity index (χ1) is 6.38. The molecule has 2 nitrogen and oxygen atoms in total. The second kappa shape index (κ2) is 4.32. The van der Waals surface area contributed by atoms with Crippen molar-refractivity contribution in [1.82, 2.24) is 5.32 Å². The Morgan fingerprint density at radius 3 is 2.62 bits per heavy atom. The van der Waals surface area contributed by atoms with Crippen LogP contribution in [0.3, 0.4) is 0 Å². The summed E-state index contributed by atoms with van der Waals surface area (Å²) in [6.45, 7) is 0.774. The summed E-state index contributed by atoms with van der Waals surface area (Å²) in [5.74, 6) is 0.0619. The Morgan fingerprint density at radius 1 is 1.23 bits per heavy atom. The van der Waals surface area contributed by atoms with E-state index in [9.17, 15) is 4.79 Å². The zero-order valence-corrected chi connectivity index (χ0v) is 7.29. The molecule has 13 heavy (non-hydrogen) atoms. The fraction of sp³-hybridized carbons (Fsp3) is 0.182. The van der Waals surface area contributed by atoms with Gasteiger partial charge in [0.1, 0.15) is 0 Å². The van der Waals surface area contributed by atoms with Crippen LogP contribution in [0, 0.1) is 12.8 Å². The monoisotopic (exact) mass is 173 g/mol. The van der Waals surface area contributed by atoms with Gasteiger partial charge in [-0.05, 0) is 18.1 Å². The molecule has 0 fully saturated rings. The average Bonchev–Trinajstić information content (AvgIpc) is 2.22. The lowest BCUT2D eigenvalue weighted by Gasteiger charge is -2.15. The number of fused-ring (bicyclic) bond motifs is 1. The van der Waals surface area contributed by atoms with Crippen molar-refractivity contribution in [2.45, 2.75) is 6.42 Å². The minimum atomic E-state index is 0.0619. The Bertz CT molecular complexity index is 328. The maximum absolute atomic E-state index is 11.2. The highest BCUT2D eigenvalue weighted by atomic mass is 16.1. The maximum atomic E-state index is 11.2. The molecule has 0 spiro atoms. The third-order valence-electron chi connectivity index (χ3n) is 1.94. The van der Waals surface area contributed by atoms with E-state index in [0.717, 1.165) is 24.1 Å². The van der Waals surface area contributed by atoms with E-state index in [1.54, 1.807) is 0 Å². The summed E-state index contributed by atoms with van der Waals surface area (Å²) >= 11 is 0. The van der Waals surface area contributed by atoms with Gasteiger partial charge in [0.25, 0.3) is 5.91 Å². The molecule has 1 aromatic rings. The topological polar surface area (TPSA) is 29.1 Å². The molecule has 0 saturated carbocycles. The van der Waals surface area contributed by atoms with Crippen LogP contribution in [0.25, 0.3) is 0 Å². The van der Waals surface area contributed by atoms with E-state index in [2.05, 4.69) is 18.2 Å². The third kappa shape index (κ3) is 1.88. The zero-order valence-electron chi connectivity index (χ0n) is 7.29. The van der Waals surface area contributed by atoms with Gasteiger partial charge in [0.2, 0.25) is 0 Å². The molecule has 0 bridgehead atoms. The molecule has 2 heteroatoms. The molecule has 0 unspecified atom stereocenters. The number of hydrogen-bond donors (Lipinski definition) is 1. The van der Waals surface area contributed by atoms with E-state index in [1.165, 1.54) is 0 Å². The van der Waals surface area contributed by atoms with Crippen molar-refractivity contribution in [3.8, 4) is 12.8 Å². The van der Waals surface area contributed by atoms with Gasteiger partial charge in [0, 0.05) is 12.1 Å². The van der Waals surface area contributed by atoms with E-state index in [-0.39, 0.29) is 5.91 Å². The lowest BCUT2D eigenvalue weighted by Crippen LogP contribution is -2.31. The highest BCUT2D eigenvalue weighted by Crippen LogP contribution is 2.11. The van der Waals surface area contributed by atoms with Gasteiger partial charge in [0.05, 0.1) is 0 Å². The lowest BCUT2D eigenvalue weighted by molar-refractivity contribution is 0.0946. The molecular weight excluding hydrogens is 162 g/mol. The Kier molecular flexibility index (Phi) is 3.10. The van der Waals surface area contributed by atoms with E-state index in [0.29, 0.717) is 0 Å². The Hall–Kier alpha value is -1.75. The smallest absolute Gasteiger partial charge is 0.251 e. The van der Waals surface area contributed by atoms with Crippen LogP contribution in [-0.4, -0.2) is 12.5 Å². The van der Waals surface area contributed by atoms with Crippen molar-refractivity contribution in [1.29, 1.82) is 0 Å². The van der Waals surface area contributed by atoms with Crippen LogP contribution in [-0.2, 0) is 6.42 Å². The molecule has 0 radical (unpaired) electrons. The molecule has 1 heterocycles. The Labute approximate surface area is 78.0 Å². The number of rotatable bonds is 0. The zero-order chi connectivity index (χ0) is 9.68. The molecule has 0 aliphatic carbocycles. The van der Waals surface area contributed by atoms with Gasteiger partial charge in [-0.1, -0.05) is 18.2 Å². The molecule has 0 aromatic heterocycles. The van der Waals surface area contributed by atoms with E-state index in [1.807, 2.05) is 24.3 Å². The van der Waals surface area contributed by atoms with Gasteiger partial charge in [-0.2, -0.15) is 0 Å². The van der Waals surface area contributed by atoms with Crippen molar-refractivity contribution in [2.24, 2.45) is 0 Å². The first-order valence-corrected chi connectivity index (χ1v) is 4.07. The fourth-order valence-electron chi connectivity index (χ4n) is 1.37. The van der Waals surface area contributed by atoms with Crippen LogP contribution in [0.4, 0.5) is 0 Å². The quantitative estimate of drug-likeness (QED) is 0.587. The second-order valence-electron chi connectivity index (χ2n) is 2.66. The average molecular weight is 173 g/mol. The minimum Gasteiger partial charge on any atom is -0.352 e. The molecule has 1 aromatic carbocycles.